The second kappa shape index (κ2) is 10.9. The second-order valence-electron chi connectivity index (χ2n) is 17.2. The van der Waals surface area contributed by atoms with Crippen molar-refractivity contribution in [2.75, 3.05) is 0 Å². The van der Waals surface area contributed by atoms with E-state index in [1.807, 2.05) is 22.7 Å². The van der Waals surface area contributed by atoms with Gasteiger partial charge in [0.25, 0.3) is 0 Å². The summed E-state index contributed by atoms with van der Waals surface area (Å²) in [7, 11) is 0. The Hall–Kier alpha value is -4.76. The van der Waals surface area contributed by atoms with Gasteiger partial charge >= 0.3 is 0 Å². The number of hydrogen-bond donors (Lipinski definition) is 0. The first-order valence-corrected chi connectivity index (χ1v) is 20.1. The van der Waals surface area contributed by atoms with Gasteiger partial charge in [0.05, 0.1) is 0 Å². The van der Waals surface area contributed by atoms with Crippen LogP contribution in [0.25, 0.3) is 94.9 Å². The predicted octanol–water partition coefficient (Wildman–Crippen LogP) is 15.9. The van der Waals surface area contributed by atoms with Gasteiger partial charge in [-0.3, -0.25) is 0 Å². The van der Waals surface area contributed by atoms with Crippen LogP contribution in [-0.2, 0) is 10.8 Å². The zero-order valence-electron chi connectivity index (χ0n) is 31.2. The Morgan fingerprint density at radius 3 is 1.19 bits per heavy atom. The molecule has 0 amide bonds. The lowest BCUT2D eigenvalue weighted by molar-refractivity contribution is 0.591. The van der Waals surface area contributed by atoms with Crippen molar-refractivity contribution in [2.24, 2.45) is 0 Å². The predicted molar refractivity (Wildman–Crippen MR) is 234 cm³/mol. The molecule has 2 aromatic heterocycles. The highest BCUT2D eigenvalue weighted by molar-refractivity contribution is 7.27. The molecule has 52 heavy (non-hydrogen) atoms. The maximum Gasteiger partial charge on any atom is 0.0434 e. The van der Waals surface area contributed by atoms with Crippen LogP contribution in [-0.4, -0.2) is 0 Å². The van der Waals surface area contributed by atoms with E-state index in [1.54, 1.807) is 0 Å². The molecule has 0 aliphatic heterocycles. The largest absolute Gasteiger partial charge is 0.135 e. The van der Waals surface area contributed by atoms with E-state index in [4.69, 9.17) is 0 Å². The lowest BCUT2D eigenvalue weighted by Gasteiger charge is -2.20. The van der Waals surface area contributed by atoms with Gasteiger partial charge in [-0.1, -0.05) is 125 Å². The zero-order chi connectivity index (χ0) is 35.8. The van der Waals surface area contributed by atoms with Crippen LogP contribution in [0, 0.1) is 13.8 Å². The highest BCUT2D eigenvalue weighted by Gasteiger charge is 2.25. The first-order valence-electron chi connectivity index (χ1n) is 18.5. The molecule has 0 spiro atoms. The fourth-order valence-corrected chi connectivity index (χ4v) is 11.1. The molecule has 0 fully saturated rings. The molecule has 0 N–H and O–H groups in total. The summed E-state index contributed by atoms with van der Waals surface area (Å²) in [6.45, 7) is 18.3. The van der Waals surface area contributed by atoms with Crippen LogP contribution in [0.4, 0.5) is 0 Å². The Balaban J connectivity index is 1.46. The summed E-state index contributed by atoms with van der Waals surface area (Å²) in [6, 6.07) is 42.7. The topological polar surface area (TPSA) is 0 Å². The van der Waals surface area contributed by atoms with Crippen molar-refractivity contribution in [2.45, 2.75) is 66.2 Å². The number of rotatable bonds is 2. The molecule has 0 bridgehead atoms. The van der Waals surface area contributed by atoms with E-state index in [1.165, 1.54) is 117 Å². The van der Waals surface area contributed by atoms with Gasteiger partial charge in [-0.15, -0.1) is 22.7 Å². The van der Waals surface area contributed by atoms with Crippen molar-refractivity contribution >= 4 is 95.3 Å². The van der Waals surface area contributed by atoms with E-state index in [9.17, 15) is 0 Å². The van der Waals surface area contributed by atoms with Crippen LogP contribution in [0.15, 0.2) is 109 Å². The van der Waals surface area contributed by atoms with Crippen molar-refractivity contribution in [1.29, 1.82) is 0 Å². The number of thiophene rings is 2. The fourth-order valence-electron chi connectivity index (χ4n) is 8.59. The summed E-state index contributed by atoms with van der Waals surface area (Å²) >= 11 is 3.94. The van der Waals surface area contributed by atoms with Gasteiger partial charge in [-0.25, -0.2) is 0 Å². The molecule has 0 nitrogen and oxygen atoms in total. The molecule has 0 aliphatic carbocycles. The molecule has 0 unspecified atom stereocenters. The SMILES string of the molecule is Cc1cccc(-c2cc3c4sc5cc(C(C)(C)C)ccc5c4cc4c(-c5cccc(C)c5)cc5c6sc7cc(C(C)(C)C)ccc7c6cc2c5c43)c1. The van der Waals surface area contributed by atoms with E-state index >= 15 is 0 Å². The first-order chi connectivity index (χ1) is 24.8. The average molecular weight is 707 g/mol. The van der Waals surface area contributed by atoms with Gasteiger partial charge in [0.1, 0.15) is 0 Å². The molecule has 0 saturated carbocycles. The minimum absolute atomic E-state index is 0.0916. The molecule has 8 aromatic carbocycles. The summed E-state index contributed by atoms with van der Waals surface area (Å²) in [6.07, 6.45) is 0. The Bertz CT molecular complexity index is 2880. The van der Waals surface area contributed by atoms with E-state index in [-0.39, 0.29) is 10.8 Å². The average Bonchev–Trinajstić information content (AvgIpc) is 3.66. The van der Waals surface area contributed by atoms with Gasteiger partial charge in [-0.2, -0.15) is 0 Å². The van der Waals surface area contributed by atoms with E-state index in [2.05, 4.69) is 165 Å². The normalized spacial score (nSPS) is 13.0. The van der Waals surface area contributed by atoms with E-state index in [0.29, 0.717) is 0 Å². The summed E-state index contributed by atoms with van der Waals surface area (Å²) < 4.78 is 5.51. The van der Waals surface area contributed by atoms with Crippen molar-refractivity contribution in [3.8, 4) is 22.3 Å². The number of aryl methyl sites for hydroxylation is 2. The van der Waals surface area contributed by atoms with Crippen LogP contribution in [0.3, 0.4) is 0 Å². The molecular formula is C50H42S2. The van der Waals surface area contributed by atoms with Crippen LogP contribution in [0.2, 0.25) is 0 Å². The number of fused-ring (bicyclic) bond motifs is 8. The van der Waals surface area contributed by atoms with E-state index in [0.717, 1.165) is 0 Å². The van der Waals surface area contributed by atoms with Crippen molar-refractivity contribution in [3.05, 3.63) is 131 Å². The summed E-state index contributed by atoms with van der Waals surface area (Å²) in [5, 5.41) is 13.6. The third-order valence-corrected chi connectivity index (χ3v) is 13.8. The molecule has 10 aromatic rings. The Morgan fingerprint density at radius 1 is 0.385 bits per heavy atom. The lowest BCUT2D eigenvalue weighted by atomic mass is 9.83. The van der Waals surface area contributed by atoms with Crippen LogP contribution in [0.1, 0.15) is 63.8 Å². The van der Waals surface area contributed by atoms with Crippen LogP contribution >= 0.6 is 22.7 Å². The van der Waals surface area contributed by atoms with Gasteiger partial charge in [-0.05, 0) is 116 Å². The summed E-state index contributed by atoms with van der Waals surface area (Å²) in [5.41, 5.74) is 10.7. The van der Waals surface area contributed by atoms with Gasteiger partial charge < -0.3 is 0 Å². The summed E-state index contributed by atoms with van der Waals surface area (Å²) in [5.74, 6) is 0. The van der Waals surface area contributed by atoms with Gasteiger partial charge in [0, 0.05) is 51.1 Å². The molecule has 0 radical (unpaired) electrons. The van der Waals surface area contributed by atoms with Crippen molar-refractivity contribution < 1.29 is 0 Å². The Morgan fingerprint density at radius 2 is 0.808 bits per heavy atom. The minimum atomic E-state index is 0.0916. The molecule has 0 atom stereocenters. The number of benzene rings is 8. The maximum atomic E-state index is 2.54. The Labute approximate surface area is 313 Å². The second-order valence-corrected chi connectivity index (χ2v) is 19.3. The minimum Gasteiger partial charge on any atom is -0.135 e. The van der Waals surface area contributed by atoms with Crippen molar-refractivity contribution in [1.82, 2.24) is 0 Å². The fraction of sp³-hybridized carbons (Fsp3) is 0.200. The Kier molecular flexibility index (Phi) is 6.69. The van der Waals surface area contributed by atoms with E-state index < -0.39 is 0 Å². The number of hydrogen-bond acceptors (Lipinski definition) is 2. The first kappa shape index (κ1) is 31.9. The quantitative estimate of drug-likeness (QED) is 0.157. The van der Waals surface area contributed by atoms with Crippen LogP contribution in [0.5, 0.6) is 0 Å². The lowest BCUT2D eigenvalue weighted by Crippen LogP contribution is -2.10. The third kappa shape index (κ3) is 4.70. The molecule has 2 heteroatoms. The molecule has 0 aliphatic rings. The smallest absolute Gasteiger partial charge is 0.0434 e. The zero-order valence-corrected chi connectivity index (χ0v) is 32.8. The maximum absolute atomic E-state index is 2.54. The van der Waals surface area contributed by atoms with Gasteiger partial charge in [0.2, 0.25) is 0 Å². The third-order valence-electron chi connectivity index (χ3n) is 11.4. The van der Waals surface area contributed by atoms with Gasteiger partial charge in [0.15, 0.2) is 0 Å². The summed E-state index contributed by atoms with van der Waals surface area (Å²) in [4.78, 5) is 0. The monoisotopic (exact) mass is 706 g/mol. The molecular weight excluding hydrogens is 665 g/mol. The standard InChI is InChI=1S/C50H42S2/c1-27-11-9-13-29(19-27)35-23-41-46-38(26-40-34-18-16-32(50(6,7)8)22-44(34)51-47(40)41)36(30-14-10-12-28(2)20-30)24-42-45(46)37(35)25-39-33-17-15-31(49(3,4)5)21-43(33)52-48(39)42/h9-26H,1-8H3. The van der Waals surface area contributed by atoms with Crippen molar-refractivity contribution in [3.63, 3.8) is 0 Å². The molecule has 10 rings (SSSR count). The molecule has 254 valence electrons. The van der Waals surface area contributed by atoms with Crippen LogP contribution < -0.4 is 0 Å². The molecule has 0 saturated heterocycles. The molecule has 2 heterocycles. The highest BCUT2D eigenvalue weighted by atomic mass is 32.1. The highest BCUT2D eigenvalue weighted by Crippen LogP contribution is 2.53.